The van der Waals surface area contributed by atoms with E-state index in [1.807, 2.05) is 0 Å². The molecule has 0 amide bonds. The van der Waals surface area contributed by atoms with Gasteiger partial charge in [0.15, 0.2) is 0 Å². The van der Waals surface area contributed by atoms with Crippen LogP contribution in [0.25, 0.3) is 0 Å². The molecule has 0 spiro atoms. The lowest BCUT2D eigenvalue weighted by Gasteiger charge is -2.08. The number of aryl methyl sites for hydroxylation is 1. The van der Waals surface area contributed by atoms with Gasteiger partial charge in [-0.1, -0.05) is 11.6 Å². The fourth-order valence-electron chi connectivity index (χ4n) is 1.52. The van der Waals surface area contributed by atoms with Crippen molar-refractivity contribution < 1.29 is 10.2 Å². The molecule has 2 rings (SSSR count). The number of phenols is 1. The van der Waals surface area contributed by atoms with Crippen LogP contribution in [0.5, 0.6) is 5.75 Å². The normalized spacial score (nSPS) is 18.1. The molecule has 1 aliphatic rings. The minimum atomic E-state index is -0.464. The Kier molecular flexibility index (Phi) is 2.41. The van der Waals surface area contributed by atoms with Crippen LogP contribution >= 0.6 is 11.6 Å². The van der Waals surface area contributed by atoms with E-state index in [0.29, 0.717) is 17.9 Å². The van der Waals surface area contributed by atoms with Crippen molar-refractivity contribution in [3.63, 3.8) is 0 Å². The molecule has 1 aliphatic carbocycles. The third kappa shape index (κ3) is 2.20. The van der Waals surface area contributed by atoms with Gasteiger partial charge >= 0.3 is 0 Å². The zero-order chi connectivity index (χ0) is 10.2. The Balaban J connectivity index is 2.04. The highest BCUT2D eigenvalue weighted by Crippen LogP contribution is 2.40. The van der Waals surface area contributed by atoms with Gasteiger partial charge in [-0.25, -0.2) is 0 Å². The van der Waals surface area contributed by atoms with E-state index >= 15 is 0 Å². The fraction of sp³-hybridized carbons (Fsp3) is 0.455. The highest BCUT2D eigenvalue weighted by Gasteiger charge is 2.39. The van der Waals surface area contributed by atoms with Crippen molar-refractivity contribution >= 4 is 11.6 Å². The molecule has 0 radical (unpaired) electrons. The second-order valence-electron chi connectivity index (χ2n) is 4.00. The average Bonchev–Trinajstić information content (AvgIpc) is 2.87. The van der Waals surface area contributed by atoms with Gasteiger partial charge in [-0.3, -0.25) is 0 Å². The predicted molar refractivity (Wildman–Crippen MR) is 55.6 cm³/mol. The van der Waals surface area contributed by atoms with Crippen LogP contribution in [0.4, 0.5) is 0 Å². The molecule has 0 atom stereocenters. The fourth-order valence-corrected chi connectivity index (χ4v) is 1.71. The summed E-state index contributed by atoms with van der Waals surface area (Å²) in [6.45, 7) is 0. The van der Waals surface area contributed by atoms with E-state index in [4.69, 9.17) is 11.6 Å². The van der Waals surface area contributed by atoms with Gasteiger partial charge in [0.1, 0.15) is 5.75 Å². The molecule has 0 bridgehead atoms. The third-order valence-electron chi connectivity index (χ3n) is 2.73. The minimum absolute atomic E-state index is 0.263. The maximum Gasteiger partial charge on any atom is 0.118 e. The van der Waals surface area contributed by atoms with Gasteiger partial charge in [0.2, 0.25) is 0 Å². The minimum Gasteiger partial charge on any atom is -0.508 e. The molecule has 76 valence electrons. The molecule has 3 heteroatoms. The summed E-state index contributed by atoms with van der Waals surface area (Å²) in [4.78, 5) is 0. The zero-order valence-electron chi connectivity index (χ0n) is 7.83. The Hall–Kier alpha value is -0.730. The van der Waals surface area contributed by atoms with Gasteiger partial charge in [-0.05, 0) is 49.4 Å². The lowest BCUT2D eigenvalue weighted by atomic mass is 10.0. The highest BCUT2D eigenvalue weighted by molar-refractivity contribution is 6.30. The van der Waals surface area contributed by atoms with Gasteiger partial charge in [0.25, 0.3) is 0 Å². The van der Waals surface area contributed by atoms with Gasteiger partial charge in [-0.15, -0.1) is 0 Å². The molecular weight excluding hydrogens is 200 g/mol. The van der Waals surface area contributed by atoms with E-state index in [1.54, 1.807) is 18.2 Å². The number of hydrogen-bond donors (Lipinski definition) is 2. The topological polar surface area (TPSA) is 40.5 Å². The first-order valence-corrected chi connectivity index (χ1v) is 5.17. The summed E-state index contributed by atoms with van der Waals surface area (Å²) in [5.74, 6) is 0.263. The van der Waals surface area contributed by atoms with Crippen molar-refractivity contribution in [1.29, 1.82) is 0 Å². The van der Waals surface area contributed by atoms with E-state index in [1.165, 1.54) is 0 Å². The molecule has 2 N–H and O–H groups in total. The van der Waals surface area contributed by atoms with Crippen LogP contribution in [0, 0.1) is 0 Å². The number of phenolic OH excluding ortho intramolecular Hbond substituents is 1. The summed E-state index contributed by atoms with van der Waals surface area (Å²) in [5.41, 5.74) is 0.354. The number of halogens is 1. The summed E-state index contributed by atoms with van der Waals surface area (Å²) in [5, 5.41) is 19.8. The van der Waals surface area contributed by atoms with E-state index in [-0.39, 0.29) is 5.75 Å². The number of aromatic hydroxyl groups is 1. The van der Waals surface area contributed by atoms with Gasteiger partial charge in [-0.2, -0.15) is 0 Å². The monoisotopic (exact) mass is 212 g/mol. The predicted octanol–water partition coefficient (Wildman–Crippen LogP) is 2.50. The maximum absolute atomic E-state index is 9.64. The van der Waals surface area contributed by atoms with Crippen molar-refractivity contribution in [2.45, 2.75) is 31.3 Å². The molecule has 0 heterocycles. The Morgan fingerprint density at radius 1 is 1.36 bits per heavy atom. The molecule has 0 aliphatic heterocycles. The number of benzene rings is 1. The van der Waals surface area contributed by atoms with Crippen LogP contribution in [-0.2, 0) is 6.42 Å². The quantitative estimate of drug-likeness (QED) is 0.808. The summed E-state index contributed by atoms with van der Waals surface area (Å²) in [6.07, 6.45) is 3.16. The second kappa shape index (κ2) is 3.44. The van der Waals surface area contributed by atoms with Crippen molar-refractivity contribution in [3.05, 3.63) is 28.8 Å². The smallest absolute Gasteiger partial charge is 0.118 e. The molecule has 1 aromatic rings. The largest absolute Gasteiger partial charge is 0.508 e. The van der Waals surface area contributed by atoms with Gasteiger partial charge < -0.3 is 10.2 Å². The molecule has 1 aromatic carbocycles. The summed E-state index contributed by atoms with van der Waals surface area (Å²) < 4.78 is 0. The molecule has 0 unspecified atom stereocenters. The lowest BCUT2D eigenvalue weighted by Crippen LogP contribution is -2.07. The Bertz CT molecular complexity index is 345. The molecule has 1 saturated carbocycles. The van der Waals surface area contributed by atoms with E-state index in [2.05, 4.69) is 0 Å². The van der Waals surface area contributed by atoms with Crippen LogP contribution in [-0.4, -0.2) is 15.8 Å². The molecule has 0 aromatic heterocycles. The van der Waals surface area contributed by atoms with Gasteiger partial charge in [0.05, 0.1) is 5.60 Å². The number of hydrogen-bond acceptors (Lipinski definition) is 2. The van der Waals surface area contributed by atoms with Crippen LogP contribution in [0.15, 0.2) is 18.2 Å². The summed E-state index contributed by atoms with van der Waals surface area (Å²) in [7, 11) is 0. The Morgan fingerprint density at radius 3 is 2.71 bits per heavy atom. The highest BCUT2D eigenvalue weighted by atomic mass is 35.5. The van der Waals surface area contributed by atoms with Crippen molar-refractivity contribution in [2.24, 2.45) is 0 Å². The SMILES string of the molecule is Oc1ccc(Cl)cc1CCC1(O)CC1. The third-order valence-corrected chi connectivity index (χ3v) is 2.96. The molecule has 0 saturated heterocycles. The number of rotatable bonds is 3. The summed E-state index contributed by atoms with van der Waals surface area (Å²) in [6, 6.07) is 5.00. The standard InChI is InChI=1S/C11H13ClO2/c12-9-1-2-10(13)8(7-9)3-4-11(14)5-6-11/h1-2,7,13-14H,3-6H2. The number of aliphatic hydroxyl groups is 1. The second-order valence-corrected chi connectivity index (χ2v) is 4.43. The van der Waals surface area contributed by atoms with E-state index in [0.717, 1.165) is 18.4 Å². The average molecular weight is 213 g/mol. The molecule has 1 fully saturated rings. The Labute approximate surface area is 88.1 Å². The van der Waals surface area contributed by atoms with Crippen LogP contribution in [0.3, 0.4) is 0 Å². The first-order chi connectivity index (χ1) is 6.59. The lowest BCUT2D eigenvalue weighted by molar-refractivity contribution is 0.140. The maximum atomic E-state index is 9.64. The summed E-state index contributed by atoms with van der Waals surface area (Å²) >= 11 is 5.81. The van der Waals surface area contributed by atoms with Crippen molar-refractivity contribution in [1.82, 2.24) is 0 Å². The Morgan fingerprint density at radius 2 is 2.07 bits per heavy atom. The van der Waals surface area contributed by atoms with Crippen molar-refractivity contribution in [2.75, 3.05) is 0 Å². The van der Waals surface area contributed by atoms with Crippen LogP contribution < -0.4 is 0 Å². The first kappa shape index (κ1) is 9.81. The van der Waals surface area contributed by atoms with Gasteiger partial charge in [0, 0.05) is 5.02 Å². The molecule has 14 heavy (non-hydrogen) atoms. The van der Waals surface area contributed by atoms with E-state index < -0.39 is 5.60 Å². The molecule has 2 nitrogen and oxygen atoms in total. The molecular formula is C11H13ClO2. The van der Waals surface area contributed by atoms with Crippen LogP contribution in [0.2, 0.25) is 5.02 Å². The van der Waals surface area contributed by atoms with Crippen LogP contribution in [0.1, 0.15) is 24.8 Å². The van der Waals surface area contributed by atoms with Crippen molar-refractivity contribution in [3.8, 4) is 5.75 Å². The van der Waals surface area contributed by atoms with E-state index in [9.17, 15) is 10.2 Å². The zero-order valence-corrected chi connectivity index (χ0v) is 8.59. The first-order valence-electron chi connectivity index (χ1n) is 4.79.